The molecule has 0 aliphatic carbocycles. The molecule has 3 rings (SSSR count). The second kappa shape index (κ2) is 8.95. The lowest BCUT2D eigenvalue weighted by molar-refractivity contribution is -0.131. The third kappa shape index (κ3) is 4.34. The van der Waals surface area contributed by atoms with E-state index in [1.165, 1.54) is 22.2 Å². The van der Waals surface area contributed by atoms with E-state index in [1.807, 2.05) is 32.0 Å². The van der Waals surface area contributed by atoms with Crippen LogP contribution in [0.4, 0.5) is 0 Å². The van der Waals surface area contributed by atoms with Gasteiger partial charge in [-0.2, -0.15) is 0 Å². The number of rotatable bonds is 7. The number of hydrogen-bond donors (Lipinski definition) is 1. The zero-order valence-electron chi connectivity index (χ0n) is 16.6. The number of nitrogens with one attached hydrogen (secondary N) is 1. The van der Waals surface area contributed by atoms with Crippen LogP contribution in [-0.2, 0) is 17.9 Å². The Morgan fingerprint density at radius 2 is 1.97 bits per heavy atom. The summed E-state index contributed by atoms with van der Waals surface area (Å²) in [6.07, 6.45) is 3.04. The van der Waals surface area contributed by atoms with Crippen LogP contribution < -0.4 is 10.9 Å². The number of hydrogen-bond acceptors (Lipinski definition) is 6. The molecule has 0 spiro atoms. The Kier molecular flexibility index (Phi) is 6.38. The summed E-state index contributed by atoms with van der Waals surface area (Å²) < 4.78 is 1.30. The first kappa shape index (κ1) is 20.7. The van der Waals surface area contributed by atoms with Crippen molar-refractivity contribution in [3.63, 3.8) is 0 Å². The van der Waals surface area contributed by atoms with Crippen LogP contribution in [0.2, 0.25) is 0 Å². The minimum absolute atomic E-state index is 0.0695. The first-order valence-electron chi connectivity index (χ1n) is 9.40. The lowest BCUT2D eigenvalue weighted by atomic mass is 10.2. The number of nitrogens with zero attached hydrogens (tertiary/aromatic N) is 4. The Labute approximate surface area is 172 Å². The fourth-order valence-corrected chi connectivity index (χ4v) is 4.12. The maximum Gasteiger partial charge on any atom is 0.262 e. The number of carbonyl (C=O) groups is 2. The van der Waals surface area contributed by atoms with E-state index in [0.717, 1.165) is 5.69 Å². The second-order valence-corrected chi connectivity index (χ2v) is 7.48. The molecule has 0 aliphatic heterocycles. The van der Waals surface area contributed by atoms with Gasteiger partial charge in [-0.3, -0.25) is 23.9 Å². The number of likely N-dealkylation sites (N-methyl/N-ethyl adjacent to an activating group) is 1. The molecule has 0 saturated carbocycles. The maximum absolute atomic E-state index is 12.9. The minimum atomic E-state index is -0.312. The highest BCUT2D eigenvalue weighted by Gasteiger charge is 2.20. The molecule has 0 radical (unpaired) electrons. The maximum atomic E-state index is 12.9. The molecule has 3 aromatic heterocycles. The summed E-state index contributed by atoms with van der Waals surface area (Å²) >= 11 is 1.17. The summed E-state index contributed by atoms with van der Waals surface area (Å²) in [6, 6.07) is 5.49. The van der Waals surface area contributed by atoms with Crippen molar-refractivity contribution in [3.05, 3.63) is 57.2 Å². The Bertz CT molecular complexity index is 1090. The van der Waals surface area contributed by atoms with E-state index >= 15 is 0 Å². The van der Waals surface area contributed by atoms with Crippen molar-refractivity contribution in [2.75, 3.05) is 13.1 Å². The molecule has 0 fully saturated rings. The van der Waals surface area contributed by atoms with Gasteiger partial charge < -0.3 is 10.2 Å². The highest BCUT2D eigenvalue weighted by molar-refractivity contribution is 7.20. The van der Waals surface area contributed by atoms with Gasteiger partial charge in [-0.05, 0) is 38.5 Å². The minimum Gasteiger partial charge on any atom is -0.346 e. The van der Waals surface area contributed by atoms with Crippen LogP contribution in [0.15, 0.2) is 35.5 Å². The number of aryl methyl sites for hydroxylation is 1. The van der Waals surface area contributed by atoms with Crippen LogP contribution >= 0.6 is 11.3 Å². The Balaban J connectivity index is 1.85. The quantitative estimate of drug-likeness (QED) is 0.639. The van der Waals surface area contributed by atoms with Gasteiger partial charge in [0.1, 0.15) is 11.4 Å². The van der Waals surface area contributed by atoms with Crippen LogP contribution in [0.5, 0.6) is 0 Å². The number of carbonyl (C=O) groups excluding carboxylic acids is 2. The van der Waals surface area contributed by atoms with E-state index in [9.17, 15) is 14.4 Å². The van der Waals surface area contributed by atoms with Crippen molar-refractivity contribution in [2.24, 2.45) is 0 Å². The second-order valence-electron chi connectivity index (χ2n) is 6.48. The molecule has 0 saturated heterocycles. The average Bonchev–Trinajstić information content (AvgIpc) is 3.07. The van der Waals surface area contributed by atoms with Crippen molar-refractivity contribution < 1.29 is 9.59 Å². The van der Waals surface area contributed by atoms with Gasteiger partial charge in [-0.25, -0.2) is 4.98 Å². The normalized spacial score (nSPS) is 10.9. The van der Waals surface area contributed by atoms with Gasteiger partial charge in [0.2, 0.25) is 5.91 Å². The smallest absolute Gasteiger partial charge is 0.262 e. The van der Waals surface area contributed by atoms with Crippen LogP contribution in [0.25, 0.3) is 10.2 Å². The van der Waals surface area contributed by atoms with Gasteiger partial charge in [-0.15, -0.1) is 11.3 Å². The number of pyridine rings is 1. The van der Waals surface area contributed by atoms with E-state index in [0.29, 0.717) is 40.3 Å². The number of aromatic nitrogens is 3. The molecule has 0 unspecified atom stereocenters. The van der Waals surface area contributed by atoms with Crippen LogP contribution in [0.1, 0.15) is 34.8 Å². The summed E-state index contributed by atoms with van der Waals surface area (Å²) in [6.45, 7) is 6.90. The van der Waals surface area contributed by atoms with E-state index in [1.54, 1.807) is 18.0 Å². The molecule has 0 aliphatic rings. The average molecular weight is 414 g/mol. The van der Waals surface area contributed by atoms with Gasteiger partial charge in [0.05, 0.1) is 28.8 Å². The topological polar surface area (TPSA) is 97.2 Å². The van der Waals surface area contributed by atoms with Crippen molar-refractivity contribution in [1.82, 2.24) is 24.8 Å². The summed E-state index contributed by atoms with van der Waals surface area (Å²) in [5, 5.41) is 3.21. The molecule has 0 aromatic carbocycles. The lowest BCUT2D eigenvalue weighted by Gasteiger charge is -2.18. The highest BCUT2D eigenvalue weighted by Crippen LogP contribution is 2.26. The fraction of sp³-hybridized carbons (Fsp3) is 0.350. The summed E-state index contributed by atoms with van der Waals surface area (Å²) in [5.41, 5.74) is 1.01. The van der Waals surface area contributed by atoms with Gasteiger partial charge in [0.15, 0.2) is 0 Å². The van der Waals surface area contributed by atoms with Crippen LogP contribution in [-0.4, -0.2) is 44.3 Å². The molecular weight excluding hydrogens is 390 g/mol. The predicted molar refractivity (Wildman–Crippen MR) is 112 cm³/mol. The van der Waals surface area contributed by atoms with Crippen LogP contribution in [0, 0.1) is 6.92 Å². The Hall–Kier alpha value is -3.07. The SMILES string of the molecule is CCN(CC)C(=O)Cn1cnc2sc(C(=O)NCc3ccccn3)c(C)c2c1=O. The molecule has 3 aromatic rings. The summed E-state index contributed by atoms with van der Waals surface area (Å²) in [5.74, 6) is -0.416. The Morgan fingerprint density at radius 3 is 2.62 bits per heavy atom. The number of amides is 2. The third-order valence-electron chi connectivity index (χ3n) is 4.70. The lowest BCUT2D eigenvalue weighted by Crippen LogP contribution is -2.36. The van der Waals surface area contributed by atoms with Gasteiger partial charge >= 0.3 is 0 Å². The first-order chi connectivity index (χ1) is 14.0. The molecule has 0 atom stereocenters. The van der Waals surface area contributed by atoms with Crippen molar-refractivity contribution in [2.45, 2.75) is 33.9 Å². The zero-order valence-corrected chi connectivity index (χ0v) is 17.5. The van der Waals surface area contributed by atoms with Crippen molar-refractivity contribution >= 4 is 33.4 Å². The first-order valence-corrected chi connectivity index (χ1v) is 10.2. The molecule has 29 heavy (non-hydrogen) atoms. The monoisotopic (exact) mass is 413 g/mol. The van der Waals surface area contributed by atoms with Gasteiger partial charge in [0, 0.05) is 19.3 Å². The molecular formula is C20H23N5O3S. The molecule has 3 heterocycles. The highest BCUT2D eigenvalue weighted by atomic mass is 32.1. The van der Waals surface area contributed by atoms with E-state index in [2.05, 4.69) is 15.3 Å². The molecule has 8 nitrogen and oxygen atoms in total. The molecule has 9 heteroatoms. The van der Waals surface area contributed by atoms with Gasteiger partial charge in [0.25, 0.3) is 11.5 Å². The standard InChI is InChI=1S/C20H23N5O3S/c1-4-24(5-2)15(26)11-25-12-23-19-16(20(25)28)13(3)17(29-19)18(27)22-10-14-8-6-7-9-21-14/h6-9,12H,4-5,10-11H2,1-3H3,(H,22,27). The van der Waals surface area contributed by atoms with E-state index < -0.39 is 0 Å². The number of thiophene rings is 1. The summed E-state index contributed by atoms with van der Waals surface area (Å²) in [7, 11) is 0. The summed E-state index contributed by atoms with van der Waals surface area (Å²) in [4.78, 5) is 49.0. The van der Waals surface area contributed by atoms with Gasteiger partial charge in [-0.1, -0.05) is 6.07 Å². The Morgan fingerprint density at radius 1 is 1.21 bits per heavy atom. The van der Waals surface area contributed by atoms with Crippen molar-refractivity contribution in [1.29, 1.82) is 0 Å². The fourth-order valence-electron chi connectivity index (χ4n) is 3.06. The molecule has 1 N–H and O–H groups in total. The van der Waals surface area contributed by atoms with E-state index in [4.69, 9.17) is 0 Å². The van der Waals surface area contributed by atoms with Crippen LogP contribution in [0.3, 0.4) is 0 Å². The molecule has 152 valence electrons. The molecule has 0 bridgehead atoms. The zero-order chi connectivity index (χ0) is 21.0. The largest absolute Gasteiger partial charge is 0.346 e. The van der Waals surface area contributed by atoms with Crippen molar-refractivity contribution in [3.8, 4) is 0 Å². The predicted octanol–water partition coefficient (Wildman–Crippen LogP) is 1.96. The molecule has 2 amide bonds. The van der Waals surface area contributed by atoms with E-state index in [-0.39, 0.29) is 23.9 Å². The number of fused-ring (bicyclic) bond motifs is 1. The third-order valence-corrected chi connectivity index (χ3v) is 5.90.